The first-order chi connectivity index (χ1) is 4.67. The lowest BCUT2D eigenvalue weighted by Gasteiger charge is -2.05. The predicted octanol–water partition coefficient (Wildman–Crippen LogP) is 0.254. The van der Waals surface area contributed by atoms with Crippen molar-refractivity contribution in [2.45, 2.75) is 18.2 Å². The van der Waals surface area contributed by atoms with Gasteiger partial charge < -0.3 is 5.32 Å². The van der Waals surface area contributed by atoms with E-state index in [0.29, 0.717) is 6.42 Å². The molecule has 0 radical (unpaired) electrons. The Kier molecular flexibility index (Phi) is 2.11. The molecule has 3 nitrogen and oxygen atoms in total. The summed E-state index contributed by atoms with van der Waals surface area (Å²) in [6, 6.07) is 0. The van der Waals surface area contributed by atoms with E-state index < -0.39 is 9.84 Å². The molecule has 1 saturated heterocycles. The monoisotopic (exact) mass is 161 g/mol. The van der Waals surface area contributed by atoms with Crippen LogP contribution in [0.2, 0.25) is 0 Å². The van der Waals surface area contributed by atoms with Crippen molar-refractivity contribution in [2.24, 2.45) is 0 Å². The van der Waals surface area contributed by atoms with Crippen molar-refractivity contribution >= 4 is 9.84 Å². The van der Waals surface area contributed by atoms with Gasteiger partial charge in [0, 0.05) is 5.41 Å². The number of rotatable bonds is 2. The van der Waals surface area contributed by atoms with E-state index >= 15 is 0 Å². The molecule has 0 spiro atoms. The molecular formula is C6H11NO2S. The predicted molar refractivity (Wildman–Crippen MR) is 40.1 cm³/mol. The maximum absolute atomic E-state index is 11.0. The van der Waals surface area contributed by atoms with Crippen LogP contribution in [-0.4, -0.2) is 20.3 Å². The van der Waals surface area contributed by atoms with Crippen molar-refractivity contribution in [3.05, 3.63) is 12.0 Å². The first-order valence-electron chi connectivity index (χ1n) is 3.26. The Morgan fingerprint density at radius 3 is 2.70 bits per heavy atom. The third kappa shape index (κ3) is 1.38. The molecule has 4 heteroatoms. The average molecular weight is 161 g/mol. The molecule has 1 fully saturated rings. The van der Waals surface area contributed by atoms with Gasteiger partial charge in [-0.15, -0.1) is 0 Å². The van der Waals surface area contributed by atoms with Crippen LogP contribution in [0.15, 0.2) is 12.0 Å². The van der Waals surface area contributed by atoms with Crippen LogP contribution in [0.1, 0.15) is 12.8 Å². The molecule has 58 valence electrons. The van der Waals surface area contributed by atoms with Gasteiger partial charge in [0.25, 0.3) is 0 Å². The van der Waals surface area contributed by atoms with Crippen LogP contribution in [0.4, 0.5) is 0 Å². The van der Waals surface area contributed by atoms with E-state index in [4.69, 9.17) is 0 Å². The Labute approximate surface area is 61.0 Å². The van der Waals surface area contributed by atoms with Crippen molar-refractivity contribution in [3.63, 3.8) is 0 Å². The zero-order chi connectivity index (χ0) is 7.61. The lowest BCUT2D eigenvalue weighted by Crippen LogP contribution is -2.28. The molecule has 0 bridgehead atoms. The van der Waals surface area contributed by atoms with Crippen LogP contribution >= 0.6 is 0 Å². The van der Waals surface area contributed by atoms with Crippen LogP contribution in [0.3, 0.4) is 0 Å². The fraction of sp³-hybridized carbons (Fsp3) is 0.667. The van der Waals surface area contributed by atoms with E-state index in [1.165, 1.54) is 0 Å². The van der Waals surface area contributed by atoms with Gasteiger partial charge in [-0.25, -0.2) is 8.42 Å². The SMILES string of the molecule is C=CS(=O)(=O)C1CCCN1. The molecular weight excluding hydrogens is 150 g/mol. The minimum atomic E-state index is -3.05. The summed E-state index contributed by atoms with van der Waals surface area (Å²) in [4.78, 5) is 0. The Morgan fingerprint density at radius 1 is 1.60 bits per heavy atom. The van der Waals surface area contributed by atoms with E-state index in [0.717, 1.165) is 18.4 Å². The zero-order valence-corrected chi connectivity index (χ0v) is 6.52. The number of nitrogens with one attached hydrogen (secondary N) is 1. The molecule has 1 aliphatic heterocycles. The highest BCUT2D eigenvalue weighted by Crippen LogP contribution is 2.12. The molecule has 1 heterocycles. The number of sulfone groups is 1. The van der Waals surface area contributed by atoms with Crippen LogP contribution in [-0.2, 0) is 9.84 Å². The van der Waals surface area contributed by atoms with Gasteiger partial charge in [-0.1, -0.05) is 6.58 Å². The molecule has 0 aromatic heterocycles. The molecule has 10 heavy (non-hydrogen) atoms. The van der Waals surface area contributed by atoms with Gasteiger partial charge in [-0.05, 0) is 19.4 Å². The molecule has 1 rings (SSSR count). The lowest BCUT2D eigenvalue weighted by molar-refractivity contribution is 0.581. The van der Waals surface area contributed by atoms with Gasteiger partial charge in [-0.3, -0.25) is 0 Å². The van der Waals surface area contributed by atoms with E-state index in [9.17, 15) is 8.42 Å². The molecule has 0 amide bonds. The highest BCUT2D eigenvalue weighted by Gasteiger charge is 2.24. The zero-order valence-electron chi connectivity index (χ0n) is 5.71. The van der Waals surface area contributed by atoms with Gasteiger partial charge in [0.15, 0.2) is 9.84 Å². The second kappa shape index (κ2) is 2.72. The Morgan fingerprint density at radius 2 is 2.30 bits per heavy atom. The summed E-state index contributed by atoms with van der Waals surface area (Å²) < 4.78 is 22.0. The first kappa shape index (κ1) is 7.75. The summed E-state index contributed by atoms with van der Waals surface area (Å²) in [6.07, 6.45) is 1.66. The molecule has 1 unspecified atom stereocenters. The molecule has 0 aliphatic carbocycles. The molecule has 0 aromatic rings. The minimum absolute atomic E-state index is 0.370. The van der Waals surface area contributed by atoms with E-state index in [2.05, 4.69) is 11.9 Å². The van der Waals surface area contributed by atoms with Gasteiger partial charge in [-0.2, -0.15) is 0 Å². The summed E-state index contributed by atoms with van der Waals surface area (Å²) in [6.45, 7) is 4.05. The highest BCUT2D eigenvalue weighted by atomic mass is 32.2. The van der Waals surface area contributed by atoms with Crippen molar-refractivity contribution in [1.82, 2.24) is 5.32 Å². The average Bonchev–Trinajstić information content (AvgIpc) is 2.38. The standard InChI is InChI=1S/C6H11NO2S/c1-2-10(8,9)6-4-3-5-7-6/h2,6-7H,1,3-5H2. The van der Waals surface area contributed by atoms with Crippen molar-refractivity contribution < 1.29 is 8.42 Å². The van der Waals surface area contributed by atoms with E-state index in [1.807, 2.05) is 0 Å². The van der Waals surface area contributed by atoms with Crippen LogP contribution in [0, 0.1) is 0 Å². The van der Waals surface area contributed by atoms with Crippen LogP contribution in [0.25, 0.3) is 0 Å². The summed E-state index contributed by atoms with van der Waals surface area (Å²) in [5.41, 5.74) is 0. The fourth-order valence-electron chi connectivity index (χ4n) is 1.05. The van der Waals surface area contributed by atoms with Gasteiger partial charge >= 0.3 is 0 Å². The van der Waals surface area contributed by atoms with Gasteiger partial charge in [0.05, 0.1) is 0 Å². The quantitative estimate of drug-likeness (QED) is 0.631. The summed E-state index contributed by atoms with van der Waals surface area (Å²) in [7, 11) is -3.05. The summed E-state index contributed by atoms with van der Waals surface area (Å²) >= 11 is 0. The van der Waals surface area contributed by atoms with Crippen LogP contribution in [0.5, 0.6) is 0 Å². The molecule has 0 saturated carbocycles. The first-order valence-corrected chi connectivity index (χ1v) is 4.87. The fourth-order valence-corrected chi connectivity index (χ4v) is 2.13. The summed E-state index contributed by atoms with van der Waals surface area (Å²) in [5, 5.41) is 3.54. The second-order valence-electron chi connectivity index (χ2n) is 2.34. The number of hydrogen-bond donors (Lipinski definition) is 1. The Hall–Kier alpha value is -0.350. The van der Waals surface area contributed by atoms with Crippen molar-refractivity contribution in [1.29, 1.82) is 0 Å². The van der Waals surface area contributed by atoms with Crippen LogP contribution < -0.4 is 5.32 Å². The smallest absolute Gasteiger partial charge is 0.186 e. The molecule has 1 atom stereocenters. The minimum Gasteiger partial charge on any atom is -0.301 e. The molecule has 0 aromatic carbocycles. The molecule has 1 aliphatic rings. The van der Waals surface area contributed by atoms with E-state index in [1.54, 1.807) is 0 Å². The van der Waals surface area contributed by atoms with Gasteiger partial charge in [0.1, 0.15) is 5.37 Å². The topological polar surface area (TPSA) is 46.2 Å². The third-order valence-corrected chi connectivity index (χ3v) is 3.30. The van der Waals surface area contributed by atoms with Crippen molar-refractivity contribution in [3.8, 4) is 0 Å². The highest BCUT2D eigenvalue weighted by molar-refractivity contribution is 7.94. The third-order valence-electron chi connectivity index (χ3n) is 1.64. The Balaban J connectivity index is 2.72. The normalized spacial score (nSPS) is 26.6. The van der Waals surface area contributed by atoms with Gasteiger partial charge in [0.2, 0.25) is 0 Å². The Bertz CT molecular complexity index is 214. The molecule has 1 N–H and O–H groups in total. The maximum Gasteiger partial charge on any atom is 0.186 e. The number of hydrogen-bond acceptors (Lipinski definition) is 3. The van der Waals surface area contributed by atoms with E-state index in [-0.39, 0.29) is 5.37 Å². The second-order valence-corrected chi connectivity index (χ2v) is 4.42. The van der Waals surface area contributed by atoms with Crippen molar-refractivity contribution in [2.75, 3.05) is 6.54 Å². The largest absolute Gasteiger partial charge is 0.301 e. The lowest BCUT2D eigenvalue weighted by atomic mass is 10.4. The maximum atomic E-state index is 11.0. The summed E-state index contributed by atoms with van der Waals surface area (Å²) in [5.74, 6) is 0.